The molecule has 0 spiro atoms. The van der Waals surface area contributed by atoms with Gasteiger partial charge in [0.2, 0.25) is 5.91 Å². The number of aliphatic carboxylic acids is 1. The summed E-state index contributed by atoms with van der Waals surface area (Å²) in [4.78, 5) is 26.9. The number of fused-ring (bicyclic) bond motifs is 3. The summed E-state index contributed by atoms with van der Waals surface area (Å²) in [6.07, 6.45) is -12.2. The molecule has 2 atom stereocenters. The molecule has 246 valence electrons. The van der Waals surface area contributed by atoms with E-state index in [-0.39, 0.29) is 73.4 Å². The van der Waals surface area contributed by atoms with Gasteiger partial charge in [-0.25, -0.2) is 12.8 Å². The highest BCUT2D eigenvalue weighted by Crippen LogP contribution is 2.57. The molecule has 0 bridgehead atoms. The molecular weight excluding hydrogens is 746 g/mol. The molecule has 1 saturated carbocycles. The van der Waals surface area contributed by atoms with Crippen molar-refractivity contribution in [3.05, 3.63) is 64.7 Å². The van der Waals surface area contributed by atoms with Crippen molar-refractivity contribution >= 4 is 44.3 Å². The molecule has 6 nitrogen and oxygen atoms in total. The van der Waals surface area contributed by atoms with Crippen LogP contribution in [0.1, 0.15) is 60.8 Å². The first-order chi connectivity index (χ1) is 20.7. The van der Waals surface area contributed by atoms with Gasteiger partial charge in [0, 0.05) is 18.0 Å². The highest BCUT2D eigenvalue weighted by molar-refractivity contribution is 14.1. The van der Waals surface area contributed by atoms with Crippen LogP contribution in [0.3, 0.4) is 0 Å². The number of hydrogen-bond acceptors (Lipinski definition) is 4. The van der Waals surface area contributed by atoms with E-state index in [0.717, 1.165) is 11.6 Å². The maximum atomic E-state index is 15.0. The van der Waals surface area contributed by atoms with Gasteiger partial charge in [0.15, 0.2) is 9.84 Å². The van der Waals surface area contributed by atoms with Crippen molar-refractivity contribution in [2.75, 3.05) is 6.54 Å². The number of benzene rings is 2. The van der Waals surface area contributed by atoms with Crippen molar-refractivity contribution < 1.29 is 53.8 Å². The topological polar surface area (TPSA) is 91.8 Å². The van der Waals surface area contributed by atoms with Gasteiger partial charge in [-0.15, -0.1) is 0 Å². The number of carbonyl (C=O) groups is 2. The van der Waals surface area contributed by atoms with Crippen LogP contribution in [0.4, 0.5) is 30.7 Å². The van der Waals surface area contributed by atoms with E-state index in [9.17, 15) is 49.5 Å². The average molecular weight is 776 g/mol. The Morgan fingerprint density at radius 2 is 1.49 bits per heavy atom. The predicted octanol–water partition coefficient (Wildman–Crippen LogP) is 6.95. The molecule has 15 heteroatoms. The van der Waals surface area contributed by atoms with E-state index in [0.29, 0.717) is 12.1 Å². The normalized spacial score (nSPS) is 27.5. The number of hydrogen-bond donors (Lipinski definition) is 1. The number of rotatable bonds is 5. The molecule has 45 heavy (non-hydrogen) atoms. The lowest BCUT2D eigenvalue weighted by atomic mass is 9.76. The third kappa shape index (κ3) is 5.14. The number of sulfone groups is 1. The zero-order valence-corrected chi connectivity index (χ0v) is 26.8. The summed E-state index contributed by atoms with van der Waals surface area (Å²) in [7, 11) is -4.43. The quantitative estimate of drug-likeness (QED) is 0.202. The molecule has 0 aromatic heterocycles. The summed E-state index contributed by atoms with van der Waals surface area (Å²) in [5.41, 5.74) is -6.87. The molecular formula is C30H29F7INO5S. The van der Waals surface area contributed by atoms with Crippen LogP contribution in [0.15, 0.2) is 47.4 Å². The van der Waals surface area contributed by atoms with Crippen LogP contribution in [-0.2, 0) is 36.3 Å². The standard InChI is InChI=1S/C30H29F7INO5S/c1-17-2-6-21(7-3-17)45(43,44)27-14-15-39(24(40)18-10-12-26(38,13-11-18)25(41)42)23(27)9-4-19-16-20(5-8-22(19)27)28(31,29(32,33)34)30(35,36)37/h2-3,5-8,16,18,23H,4,9-15H2,1H3,(H,41,42). The van der Waals surface area contributed by atoms with Crippen LogP contribution in [0.25, 0.3) is 0 Å². The van der Waals surface area contributed by atoms with E-state index >= 15 is 4.39 Å². The number of alkyl halides is 8. The molecule has 0 radical (unpaired) electrons. The molecule has 2 aliphatic carbocycles. The second-order valence-electron chi connectivity index (χ2n) is 12.1. The Kier molecular flexibility index (Phi) is 8.35. The maximum Gasteiger partial charge on any atom is 0.435 e. The summed E-state index contributed by atoms with van der Waals surface area (Å²) in [6.45, 7) is 1.67. The maximum absolute atomic E-state index is 15.0. The first-order valence-electron chi connectivity index (χ1n) is 14.2. The highest BCUT2D eigenvalue weighted by Gasteiger charge is 2.74. The third-order valence-corrected chi connectivity index (χ3v) is 13.8. The van der Waals surface area contributed by atoms with Gasteiger partial charge in [-0.1, -0.05) is 58.5 Å². The first-order valence-corrected chi connectivity index (χ1v) is 16.8. The van der Waals surface area contributed by atoms with Gasteiger partial charge in [-0.3, -0.25) is 9.59 Å². The average Bonchev–Trinajstić information content (AvgIpc) is 3.37. The molecule has 1 aliphatic heterocycles. The van der Waals surface area contributed by atoms with Gasteiger partial charge >= 0.3 is 24.0 Å². The largest absolute Gasteiger partial charge is 0.480 e. The number of halogens is 8. The Bertz CT molecular complexity index is 1600. The van der Waals surface area contributed by atoms with Gasteiger partial charge in [0.05, 0.1) is 10.9 Å². The van der Waals surface area contributed by atoms with E-state index < -0.39 is 59.5 Å². The van der Waals surface area contributed by atoms with Crippen LogP contribution >= 0.6 is 22.6 Å². The monoisotopic (exact) mass is 775 g/mol. The van der Waals surface area contributed by atoms with E-state index in [1.165, 1.54) is 17.0 Å². The summed E-state index contributed by atoms with van der Waals surface area (Å²) < 4.78 is 123. The first kappa shape index (κ1) is 33.9. The van der Waals surface area contributed by atoms with Gasteiger partial charge in [-0.2, -0.15) is 26.3 Å². The summed E-state index contributed by atoms with van der Waals surface area (Å²) in [6, 6.07) is 6.43. The second-order valence-corrected chi connectivity index (χ2v) is 16.4. The zero-order chi connectivity index (χ0) is 33.4. The molecule has 2 aromatic carbocycles. The molecule has 1 amide bonds. The zero-order valence-electron chi connectivity index (χ0n) is 23.8. The molecule has 3 aliphatic rings. The van der Waals surface area contributed by atoms with Crippen molar-refractivity contribution in [3.8, 4) is 0 Å². The molecule has 2 fully saturated rings. The minimum Gasteiger partial charge on any atom is -0.480 e. The van der Waals surface area contributed by atoms with E-state index in [4.69, 9.17) is 0 Å². The predicted molar refractivity (Wildman–Crippen MR) is 156 cm³/mol. The fourth-order valence-electron chi connectivity index (χ4n) is 7.19. The Balaban J connectivity index is 1.62. The molecule has 1 N–H and O–H groups in total. The van der Waals surface area contributed by atoms with E-state index in [2.05, 4.69) is 0 Å². The smallest absolute Gasteiger partial charge is 0.435 e. The highest BCUT2D eigenvalue weighted by atomic mass is 127. The van der Waals surface area contributed by atoms with Crippen LogP contribution in [-0.4, -0.2) is 58.7 Å². The van der Waals surface area contributed by atoms with E-state index in [1.54, 1.807) is 19.1 Å². The number of carboxylic acid groups (broad SMARTS) is 1. The molecule has 1 heterocycles. The van der Waals surface area contributed by atoms with Crippen LogP contribution < -0.4 is 0 Å². The van der Waals surface area contributed by atoms with Gasteiger partial charge in [-0.05, 0) is 75.1 Å². The summed E-state index contributed by atoms with van der Waals surface area (Å²) in [5, 5.41) is 9.57. The minimum absolute atomic E-state index is 0.0568. The number of nitrogens with zero attached hydrogens (tertiary/aromatic N) is 1. The Morgan fingerprint density at radius 1 is 0.911 bits per heavy atom. The SMILES string of the molecule is Cc1ccc(S(=O)(=O)C23CCN(C(=O)C4CCC(I)(C(=O)O)CC4)C2CCc2cc(C(F)(C(F)(F)F)C(F)(F)F)ccc23)cc1. The van der Waals surface area contributed by atoms with Crippen LogP contribution in [0, 0.1) is 12.8 Å². The number of amides is 1. The fraction of sp³-hybridized carbons (Fsp3) is 0.533. The summed E-state index contributed by atoms with van der Waals surface area (Å²) in [5.74, 6) is -1.95. The lowest BCUT2D eigenvalue weighted by molar-refractivity contribution is -0.348. The van der Waals surface area contributed by atoms with Crippen molar-refractivity contribution in [1.82, 2.24) is 4.90 Å². The van der Waals surface area contributed by atoms with Crippen LogP contribution in [0.5, 0.6) is 0 Å². The van der Waals surface area contributed by atoms with E-state index in [1.807, 2.05) is 22.6 Å². The molecule has 2 aromatic rings. The minimum atomic E-state index is -6.34. The second kappa shape index (κ2) is 11.1. The van der Waals surface area contributed by atoms with Crippen LogP contribution in [0.2, 0.25) is 0 Å². The fourth-order valence-corrected chi connectivity index (χ4v) is 10.2. The number of carboxylic acids is 1. The lowest BCUT2D eigenvalue weighted by Gasteiger charge is -2.44. The Labute approximate surface area is 268 Å². The lowest BCUT2D eigenvalue weighted by Crippen LogP contribution is -2.54. The summed E-state index contributed by atoms with van der Waals surface area (Å²) >= 11 is 1.86. The van der Waals surface area contributed by atoms with Gasteiger partial charge in [0.25, 0.3) is 0 Å². The number of likely N-dealkylation sites (tertiary alicyclic amines) is 1. The molecule has 1 saturated heterocycles. The number of carbonyl (C=O) groups excluding carboxylic acids is 1. The van der Waals surface area contributed by atoms with Crippen molar-refractivity contribution in [2.24, 2.45) is 5.92 Å². The van der Waals surface area contributed by atoms with Gasteiger partial charge in [0.1, 0.15) is 8.17 Å². The third-order valence-electron chi connectivity index (χ3n) is 9.67. The number of aryl methyl sites for hydroxylation is 2. The van der Waals surface area contributed by atoms with Crippen molar-refractivity contribution in [3.63, 3.8) is 0 Å². The van der Waals surface area contributed by atoms with Crippen molar-refractivity contribution in [2.45, 2.75) is 89.0 Å². The van der Waals surface area contributed by atoms with Gasteiger partial charge < -0.3 is 10.0 Å². The Morgan fingerprint density at radius 3 is 2.02 bits per heavy atom. The van der Waals surface area contributed by atoms with Crippen molar-refractivity contribution in [1.29, 1.82) is 0 Å². The molecule has 5 rings (SSSR count). The Hall–Kier alpha value is -2.43. The molecule has 2 unspecified atom stereocenters.